The average molecular weight is 216 g/mol. The number of nitriles is 2. The molecule has 4 nitrogen and oxygen atoms in total. The van der Waals surface area contributed by atoms with Crippen LogP contribution in [0.1, 0.15) is 36.1 Å². The number of hydrogen-bond donors (Lipinski definition) is 1. The monoisotopic (exact) mass is 216 g/mol. The van der Waals surface area contributed by atoms with E-state index in [-0.39, 0.29) is 11.4 Å². The number of rotatable bonds is 2. The summed E-state index contributed by atoms with van der Waals surface area (Å²) in [5.74, 6) is -1.64. The zero-order valence-electron chi connectivity index (χ0n) is 8.44. The van der Waals surface area contributed by atoms with E-state index in [2.05, 4.69) is 4.98 Å². The summed E-state index contributed by atoms with van der Waals surface area (Å²) >= 11 is 0. The molecule has 2 rings (SSSR count). The predicted octanol–water partition coefficient (Wildman–Crippen LogP) is 1.81. The van der Waals surface area contributed by atoms with Crippen molar-refractivity contribution in [3.8, 4) is 12.1 Å². The van der Waals surface area contributed by atoms with Gasteiger partial charge in [0.25, 0.3) is 0 Å². The first kappa shape index (κ1) is 10.4. The van der Waals surface area contributed by atoms with Crippen molar-refractivity contribution in [2.75, 3.05) is 5.73 Å². The van der Waals surface area contributed by atoms with Crippen molar-refractivity contribution in [1.29, 1.82) is 10.5 Å². The standard InChI is InChI=1S/C11H9FN4/c12-10-8(15)3-9(6-1-2-6)16-11(10)7(4-13)5-14/h3,6-7H,1-2H2,(H2,15,16). The summed E-state index contributed by atoms with van der Waals surface area (Å²) in [4.78, 5) is 4.04. The first-order chi connectivity index (χ1) is 7.67. The molecule has 5 heteroatoms. The number of anilines is 1. The van der Waals surface area contributed by atoms with Gasteiger partial charge in [0.1, 0.15) is 5.69 Å². The summed E-state index contributed by atoms with van der Waals surface area (Å²) in [6.45, 7) is 0. The maximum Gasteiger partial charge on any atom is 0.178 e. The van der Waals surface area contributed by atoms with Crippen molar-refractivity contribution in [3.05, 3.63) is 23.3 Å². The number of nitrogens with two attached hydrogens (primary N) is 1. The first-order valence-corrected chi connectivity index (χ1v) is 4.92. The van der Waals surface area contributed by atoms with Crippen LogP contribution in [-0.4, -0.2) is 4.98 Å². The van der Waals surface area contributed by atoms with E-state index in [1.165, 1.54) is 6.07 Å². The molecule has 0 aromatic carbocycles. The van der Waals surface area contributed by atoms with E-state index in [0.29, 0.717) is 11.6 Å². The molecule has 0 unspecified atom stereocenters. The number of aromatic nitrogens is 1. The first-order valence-electron chi connectivity index (χ1n) is 4.92. The maximum atomic E-state index is 13.6. The Labute approximate surface area is 92.1 Å². The highest BCUT2D eigenvalue weighted by Gasteiger charge is 2.28. The van der Waals surface area contributed by atoms with Crippen LogP contribution in [0.15, 0.2) is 6.07 Å². The van der Waals surface area contributed by atoms with E-state index >= 15 is 0 Å². The number of nitrogens with zero attached hydrogens (tertiary/aromatic N) is 3. The molecule has 0 bridgehead atoms. The van der Waals surface area contributed by atoms with Gasteiger partial charge in [-0.05, 0) is 18.9 Å². The average Bonchev–Trinajstić information content (AvgIpc) is 3.09. The van der Waals surface area contributed by atoms with Crippen molar-refractivity contribution in [1.82, 2.24) is 4.98 Å². The molecular weight excluding hydrogens is 207 g/mol. The van der Waals surface area contributed by atoms with Crippen LogP contribution in [0.4, 0.5) is 10.1 Å². The molecule has 0 atom stereocenters. The van der Waals surface area contributed by atoms with Crippen LogP contribution in [0.25, 0.3) is 0 Å². The van der Waals surface area contributed by atoms with Gasteiger partial charge < -0.3 is 5.73 Å². The van der Waals surface area contributed by atoms with Crippen molar-refractivity contribution in [2.24, 2.45) is 0 Å². The molecular formula is C11H9FN4. The van der Waals surface area contributed by atoms with E-state index in [9.17, 15) is 4.39 Å². The van der Waals surface area contributed by atoms with Gasteiger partial charge in [0.2, 0.25) is 0 Å². The number of hydrogen-bond acceptors (Lipinski definition) is 4. The maximum absolute atomic E-state index is 13.6. The Hall–Kier alpha value is -2.14. The van der Waals surface area contributed by atoms with Crippen LogP contribution in [-0.2, 0) is 0 Å². The number of halogens is 1. The summed E-state index contributed by atoms with van der Waals surface area (Å²) in [5, 5.41) is 17.4. The topological polar surface area (TPSA) is 86.5 Å². The van der Waals surface area contributed by atoms with Gasteiger partial charge in [0, 0.05) is 11.6 Å². The third kappa shape index (κ3) is 1.68. The molecule has 1 aliphatic rings. The van der Waals surface area contributed by atoms with Crippen molar-refractivity contribution in [3.63, 3.8) is 0 Å². The molecule has 1 heterocycles. The Bertz CT molecular complexity index is 494. The zero-order valence-corrected chi connectivity index (χ0v) is 8.44. The molecule has 80 valence electrons. The van der Waals surface area contributed by atoms with Gasteiger partial charge in [-0.3, -0.25) is 4.98 Å². The molecule has 1 saturated carbocycles. The third-order valence-electron chi connectivity index (χ3n) is 2.56. The largest absolute Gasteiger partial charge is 0.396 e. The number of pyridine rings is 1. The minimum atomic E-state index is -1.19. The molecule has 1 aromatic rings. The fraction of sp³-hybridized carbons (Fsp3) is 0.364. The SMILES string of the molecule is N#CC(C#N)c1nc(C2CC2)cc(N)c1F. The van der Waals surface area contributed by atoms with Crippen LogP contribution in [0.3, 0.4) is 0 Å². The van der Waals surface area contributed by atoms with Gasteiger partial charge >= 0.3 is 0 Å². The lowest BCUT2D eigenvalue weighted by Crippen LogP contribution is -2.06. The number of nitrogen functional groups attached to an aromatic ring is 1. The molecule has 16 heavy (non-hydrogen) atoms. The molecule has 0 spiro atoms. The van der Waals surface area contributed by atoms with Gasteiger partial charge in [-0.2, -0.15) is 10.5 Å². The Morgan fingerprint density at radius 3 is 2.56 bits per heavy atom. The van der Waals surface area contributed by atoms with Crippen molar-refractivity contribution in [2.45, 2.75) is 24.7 Å². The van der Waals surface area contributed by atoms with Gasteiger partial charge in [-0.1, -0.05) is 0 Å². The highest BCUT2D eigenvalue weighted by Crippen LogP contribution is 2.40. The minimum Gasteiger partial charge on any atom is -0.396 e. The second kappa shape index (κ2) is 3.79. The summed E-state index contributed by atoms with van der Waals surface area (Å²) in [6, 6.07) is 4.90. The van der Waals surface area contributed by atoms with E-state index in [4.69, 9.17) is 16.3 Å². The lowest BCUT2D eigenvalue weighted by Gasteiger charge is -2.07. The second-order valence-electron chi connectivity index (χ2n) is 3.80. The molecule has 0 aliphatic heterocycles. The Morgan fingerprint density at radius 1 is 1.44 bits per heavy atom. The summed E-state index contributed by atoms with van der Waals surface area (Å²) in [6.07, 6.45) is 2.00. The summed E-state index contributed by atoms with van der Waals surface area (Å²) < 4.78 is 13.6. The predicted molar refractivity (Wildman–Crippen MR) is 54.5 cm³/mol. The van der Waals surface area contributed by atoms with Gasteiger partial charge in [-0.25, -0.2) is 4.39 Å². The van der Waals surface area contributed by atoms with E-state index < -0.39 is 11.7 Å². The van der Waals surface area contributed by atoms with E-state index in [1.54, 1.807) is 12.1 Å². The van der Waals surface area contributed by atoms with Crippen molar-refractivity contribution < 1.29 is 4.39 Å². The summed E-state index contributed by atoms with van der Waals surface area (Å²) in [5.41, 5.74) is 6.00. The molecule has 2 N–H and O–H groups in total. The van der Waals surface area contributed by atoms with Crippen molar-refractivity contribution >= 4 is 5.69 Å². The highest BCUT2D eigenvalue weighted by molar-refractivity contribution is 5.46. The van der Waals surface area contributed by atoms with E-state index in [0.717, 1.165) is 12.8 Å². The third-order valence-corrected chi connectivity index (χ3v) is 2.56. The smallest absolute Gasteiger partial charge is 0.178 e. The molecule has 0 amide bonds. The quantitative estimate of drug-likeness (QED) is 0.816. The zero-order chi connectivity index (χ0) is 11.7. The lowest BCUT2D eigenvalue weighted by atomic mass is 10.1. The second-order valence-corrected chi connectivity index (χ2v) is 3.80. The van der Waals surface area contributed by atoms with Crippen LogP contribution < -0.4 is 5.73 Å². The van der Waals surface area contributed by atoms with Crippen LogP contribution >= 0.6 is 0 Å². The van der Waals surface area contributed by atoms with Gasteiger partial charge in [0.05, 0.1) is 17.8 Å². The van der Waals surface area contributed by atoms with E-state index in [1.807, 2.05) is 0 Å². The van der Waals surface area contributed by atoms with Crippen LogP contribution in [0.5, 0.6) is 0 Å². The Kier molecular flexibility index (Phi) is 2.46. The van der Waals surface area contributed by atoms with Gasteiger partial charge in [-0.15, -0.1) is 0 Å². The fourth-order valence-electron chi connectivity index (χ4n) is 1.52. The highest BCUT2D eigenvalue weighted by atomic mass is 19.1. The molecule has 1 aliphatic carbocycles. The Balaban J connectivity index is 2.51. The van der Waals surface area contributed by atoms with Gasteiger partial charge in [0.15, 0.2) is 11.7 Å². The molecule has 1 fully saturated rings. The fourth-order valence-corrected chi connectivity index (χ4v) is 1.52. The molecule has 0 radical (unpaired) electrons. The molecule has 1 aromatic heterocycles. The Morgan fingerprint density at radius 2 is 2.06 bits per heavy atom. The minimum absolute atomic E-state index is 0.0394. The lowest BCUT2D eigenvalue weighted by molar-refractivity contribution is 0.602. The summed E-state index contributed by atoms with van der Waals surface area (Å²) in [7, 11) is 0. The van der Waals surface area contributed by atoms with Crippen LogP contribution in [0.2, 0.25) is 0 Å². The van der Waals surface area contributed by atoms with Crippen LogP contribution in [0, 0.1) is 28.5 Å². The molecule has 0 saturated heterocycles. The normalized spacial score (nSPS) is 14.5.